The van der Waals surface area contributed by atoms with Crippen molar-refractivity contribution in [3.8, 4) is 5.75 Å². The second kappa shape index (κ2) is 12.1. The average molecular weight is 552 g/mol. The van der Waals surface area contributed by atoms with Crippen molar-refractivity contribution in [2.24, 2.45) is 0 Å². The number of nitrogens with one attached hydrogen (secondary N) is 1. The molecule has 0 radical (unpaired) electrons. The van der Waals surface area contributed by atoms with Crippen molar-refractivity contribution < 1.29 is 19.1 Å². The second-order valence-electron chi connectivity index (χ2n) is 8.50. The summed E-state index contributed by atoms with van der Waals surface area (Å²) in [6.07, 6.45) is 0. The number of esters is 1. The molecule has 1 saturated heterocycles. The number of nitrogens with zero attached hydrogens (tertiary/aromatic N) is 2. The smallest absolute Gasteiger partial charge is 0.338 e. The molecule has 1 N–H and O–H groups in total. The van der Waals surface area contributed by atoms with Crippen LogP contribution >= 0.6 is 15.9 Å². The highest BCUT2D eigenvalue weighted by Gasteiger charge is 2.23. The summed E-state index contributed by atoms with van der Waals surface area (Å²) in [5, 5.41) is 3.01. The number of amides is 1. The van der Waals surface area contributed by atoms with Gasteiger partial charge in [-0.25, -0.2) is 4.79 Å². The summed E-state index contributed by atoms with van der Waals surface area (Å²) in [6.45, 7) is 6.33. The molecular weight excluding hydrogens is 522 g/mol. The lowest BCUT2D eigenvalue weighted by molar-refractivity contribution is 0.0526. The van der Waals surface area contributed by atoms with E-state index < -0.39 is 5.97 Å². The van der Waals surface area contributed by atoms with Gasteiger partial charge in [-0.3, -0.25) is 9.69 Å². The third kappa shape index (κ3) is 6.25. The molecule has 3 aromatic rings. The van der Waals surface area contributed by atoms with Crippen LogP contribution in [-0.4, -0.2) is 56.7 Å². The molecule has 1 aliphatic rings. The zero-order valence-corrected chi connectivity index (χ0v) is 22.1. The highest BCUT2D eigenvalue weighted by molar-refractivity contribution is 9.10. The SMILES string of the molecule is CCOC(=O)c1ccc(N2CCN(Cc3ccccc3)CC2)c(NC(=O)c2cc(Br)ccc2OC)c1. The molecule has 1 amide bonds. The number of methoxy groups -OCH3 is 1. The second-order valence-corrected chi connectivity index (χ2v) is 9.42. The Morgan fingerprint density at radius 1 is 0.972 bits per heavy atom. The van der Waals surface area contributed by atoms with E-state index in [0.717, 1.165) is 42.9 Å². The van der Waals surface area contributed by atoms with E-state index in [-0.39, 0.29) is 12.5 Å². The van der Waals surface area contributed by atoms with Crippen molar-refractivity contribution in [2.45, 2.75) is 13.5 Å². The standard InChI is InChI=1S/C28H30BrN3O4/c1-3-36-28(34)21-9-11-25(32-15-13-31(14-16-32)19-20-7-5-4-6-8-20)24(17-21)30-27(33)23-18-22(29)10-12-26(23)35-2/h4-12,17-18H,3,13-16,19H2,1-2H3,(H,30,33). The number of carbonyl (C=O) groups is 2. The van der Waals surface area contributed by atoms with Crippen molar-refractivity contribution in [2.75, 3.05) is 50.1 Å². The molecule has 1 fully saturated rings. The normalized spacial score (nSPS) is 13.8. The van der Waals surface area contributed by atoms with Crippen molar-refractivity contribution in [3.63, 3.8) is 0 Å². The molecule has 0 aromatic heterocycles. The molecule has 7 nitrogen and oxygen atoms in total. The van der Waals surface area contributed by atoms with Crippen LogP contribution in [0.3, 0.4) is 0 Å². The van der Waals surface area contributed by atoms with Gasteiger partial charge in [0, 0.05) is 37.2 Å². The maximum atomic E-state index is 13.3. The van der Waals surface area contributed by atoms with E-state index >= 15 is 0 Å². The minimum Gasteiger partial charge on any atom is -0.496 e. The molecule has 0 aliphatic carbocycles. The zero-order chi connectivity index (χ0) is 25.5. The summed E-state index contributed by atoms with van der Waals surface area (Å²) in [6, 6.07) is 21.0. The van der Waals surface area contributed by atoms with E-state index in [0.29, 0.717) is 22.6 Å². The third-order valence-corrected chi connectivity index (χ3v) is 6.62. The van der Waals surface area contributed by atoms with E-state index in [4.69, 9.17) is 9.47 Å². The molecule has 0 bridgehead atoms. The third-order valence-electron chi connectivity index (χ3n) is 6.12. The molecule has 4 rings (SSSR count). The van der Waals surface area contributed by atoms with Crippen molar-refractivity contribution in [1.29, 1.82) is 0 Å². The number of anilines is 2. The number of ether oxygens (including phenoxy) is 2. The van der Waals surface area contributed by atoms with Crippen LogP contribution in [0.2, 0.25) is 0 Å². The first-order valence-corrected chi connectivity index (χ1v) is 12.7. The van der Waals surface area contributed by atoms with E-state index in [1.54, 1.807) is 31.2 Å². The fourth-order valence-corrected chi connectivity index (χ4v) is 4.65. The van der Waals surface area contributed by atoms with Gasteiger partial charge >= 0.3 is 5.97 Å². The van der Waals surface area contributed by atoms with Crippen LogP contribution in [0.25, 0.3) is 0 Å². The highest BCUT2D eigenvalue weighted by atomic mass is 79.9. The van der Waals surface area contributed by atoms with Crippen LogP contribution in [-0.2, 0) is 11.3 Å². The molecule has 0 spiro atoms. The Bertz CT molecular complexity index is 1210. The number of piperazine rings is 1. The number of rotatable bonds is 8. The maximum absolute atomic E-state index is 13.3. The lowest BCUT2D eigenvalue weighted by atomic mass is 10.1. The Kier molecular flexibility index (Phi) is 8.61. The summed E-state index contributed by atoms with van der Waals surface area (Å²) < 4.78 is 11.3. The number of benzene rings is 3. The van der Waals surface area contributed by atoms with Crippen molar-refractivity contribution >= 4 is 39.2 Å². The summed E-state index contributed by atoms with van der Waals surface area (Å²) in [7, 11) is 1.53. The molecule has 0 atom stereocenters. The molecule has 1 aliphatic heterocycles. The minimum atomic E-state index is -0.424. The zero-order valence-electron chi connectivity index (χ0n) is 20.5. The van der Waals surface area contributed by atoms with Gasteiger partial charge in [0.25, 0.3) is 5.91 Å². The van der Waals surface area contributed by atoms with Gasteiger partial charge in [-0.1, -0.05) is 46.3 Å². The van der Waals surface area contributed by atoms with E-state index in [2.05, 4.69) is 55.3 Å². The van der Waals surface area contributed by atoms with Crippen LogP contribution in [0.1, 0.15) is 33.2 Å². The monoisotopic (exact) mass is 551 g/mol. The van der Waals surface area contributed by atoms with E-state index in [9.17, 15) is 9.59 Å². The first-order valence-electron chi connectivity index (χ1n) is 12.0. The first kappa shape index (κ1) is 25.7. The van der Waals surface area contributed by atoms with Crippen LogP contribution in [0.5, 0.6) is 5.75 Å². The summed E-state index contributed by atoms with van der Waals surface area (Å²) in [5.74, 6) is -0.279. The Balaban J connectivity index is 1.56. The molecule has 36 heavy (non-hydrogen) atoms. The first-order chi connectivity index (χ1) is 17.5. The predicted octanol–water partition coefficient (Wildman–Crippen LogP) is 5.21. The van der Waals surface area contributed by atoms with Gasteiger partial charge in [-0.05, 0) is 48.9 Å². The Morgan fingerprint density at radius 3 is 2.42 bits per heavy atom. The van der Waals surface area contributed by atoms with Crippen molar-refractivity contribution in [1.82, 2.24) is 4.90 Å². The van der Waals surface area contributed by atoms with Gasteiger partial charge in [0.2, 0.25) is 0 Å². The van der Waals surface area contributed by atoms with Crippen LogP contribution < -0.4 is 15.0 Å². The van der Waals surface area contributed by atoms with Crippen molar-refractivity contribution in [3.05, 3.63) is 87.9 Å². The predicted molar refractivity (Wildman–Crippen MR) is 145 cm³/mol. The van der Waals surface area contributed by atoms with Gasteiger partial charge < -0.3 is 19.7 Å². The quantitative estimate of drug-likeness (QED) is 0.387. The lowest BCUT2D eigenvalue weighted by Gasteiger charge is -2.37. The van der Waals surface area contributed by atoms with Crippen LogP contribution in [0.4, 0.5) is 11.4 Å². The minimum absolute atomic E-state index is 0.279. The highest BCUT2D eigenvalue weighted by Crippen LogP contribution is 2.31. The van der Waals surface area contributed by atoms with Gasteiger partial charge in [0.05, 0.1) is 36.2 Å². The number of hydrogen-bond donors (Lipinski definition) is 1. The number of hydrogen-bond acceptors (Lipinski definition) is 6. The van der Waals surface area contributed by atoms with Gasteiger partial charge in [0.15, 0.2) is 0 Å². The molecule has 8 heteroatoms. The molecule has 0 saturated carbocycles. The largest absolute Gasteiger partial charge is 0.496 e. The van der Waals surface area contributed by atoms with Gasteiger partial charge in [0.1, 0.15) is 5.75 Å². The Labute approximate surface area is 220 Å². The molecule has 3 aromatic carbocycles. The molecule has 188 valence electrons. The average Bonchev–Trinajstić information content (AvgIpc) is 2.90. The molecule has 0 unspecified atom stereocenters. The fraction of sp³-hybridized carbons (Fsp3) is 0.286. The van der Waals surface area contributed by atoms with Crippen LogP contribution in [0.15, 0.2) is 71.2 Å². The summed E-state index contributed by atoms with van der Waals surface area (Å²) in [4.78, 5) is 30.4. The number of carbonyl (C=O) groups excluding carboxylic acids is 2. The molecule has 1 heterocycles. The van der Waals surface area contributed by atoms with E-state index in [1.165, 1.54) is 12.7 Å². The number of halogens is 1. The van der Waals surface area contributed by atoms with Gasteiger partial charge in [-0.15, -0.1) is 0 Å². The summed E-state index contributed by atoms with van der Waals surface area (Å²) >= 11 is 3.42. The topological polar surface area (TPSA) is 71.1 Å². The molecular formula is C28H30BrN3O4. The maximum Gasteiger partial charge on any atom is 0.338 e. The lowest BCUT2D eigenvalue weighted by Crippen LogP contribution is -2.46. The fourth-order valence-electron chi connectivity index (χ4n) is 4.29. The van der Waals surface area contributed by atoms with E-state index in [1.807, 2.05) is 18.2 Å². The van der Waals surface area contributed by atoms with Crippen LogP contribution in [0, 0.1) is 0 Å². The Hall–Kier alpha value is -3.36. The van der Waals surface area contributed by atoms with Gasteiger partial charge in [-0.2, -0.15) is 0 Å². The summed E-state index contributed by atoms with van der Waals surface area (Å²) in [5.41, 5.74) is 3.50. The Morgan fingerprint density at radius 2 is 1.72 bits per heavy atom.